The molecule has 0 amide bonds. The number of hydrogen-bond donors (Lipinski definition) is 1. The van der Waals surface area contributed by atoms with Crippen molar-refractivity contribution in [3.8, 4) is 11.5 Å². The highest BCUT2D eigenvalue weighted by Crippen LogP contribution is 2.38. The minimum Gasteiger partial charge on any atom is -0.478 e. The molecule has 0 saturated heterocycles. The van der Waals surface area contributed by atoms with Crippen LogP contribution in [0.1, 0.15) is 10.4 Å². The van der Waals surface area contributed by atoms with Crippen LogP contribution in [0.2, 0.25) is 0 Å². The SMILES string of the molecule is O=C(O)c1cccc(OC(F)(F)F)c1OC(F)(F)F. The van der Waals surface area contributed by atoms with E-state index >= 15 is 0 Å². The molecule has 0 atom stereocenters. The third-order valence-corrected chi connectivity index (χ3v) is 1.65. The van der Waals surface area contributed by atoms with E-state index in [0.717, 1.165) is 6.07 Å². The van der Waals surface area contributed by atoms with E-state index in [1.165, 1.54) is 0 Å². The van der Waals surface area contributed by atoms with E-state index in [1.807, 2.05) is 0 Å². The van der Waals surface area contributed by atoms with Crippen molar-refractivity contribution in [2.75, 3.05) is 0 Å². The van der Waals surface area contributed by atoms with Crippen LogP contribution < -0.4 is 9.47 Å². The number of carboxylic acid groups (broad SMARTS) is 1. The molecule has 0 aliphatic heterocycles. The zero-order valence-corrected chi connectivity index (χ0v) is 8.67. The van der Waals surface area contributed by atoms with Crippen LogP contribution in [0.5, 0.6) is 11.5 Å². The Hall–Kier alpha value is -2.13. The summed E-state index contributed by atoms with van der Waals surface area (Å²) in [5.74, 6) is -4.86. The predicted octanol–water partition coefficient (Wildman–Crippen LogP) is 3.18. The average Bonchev–Trinajstić information content (AvgIpc) is 2.15. The molecule has 10 heteroatoms. The maximum Gasteiger partial charge on any atom is 0.573 e. The first-order valence-electron chi connectivity index (χ1n) is 4.37. The second-order valence-electron chi connectivity index (χ2n) is 3.03. The van der Waals surface area contributed by atoms with Gasteiger partial charge in [-0.2, -0.15) is 0 Å². The molecule has 4 nitrogen and oxygen atoms in total. The van der Waals surface area contributed by atoms with Gasteiger partial charge in [-0.1, -0.05) is 6.07 Å². The van der Waals surface area contributed by atoms with Gasteiger partial charge < -0.3 is 14.6 Å². The quantitative estimate of drug-likeness (QED) is 0.869. The summed E-state index contributed by atoms with van der Waals surface area (Å²) in [6.45, 7) is 0. The van der Waals surface area contributed by atoms with Gasteiger partial charge in [0.25, 0.3) is 0 Å². The van der Waals surface area contributed by atoms with Crippen LogP contribution in [0, 0.1) is 0 Å². The summed E-state index contributed by atoms with van der Waals surface area (Å²) in [6, 6.07) is 1.93. The first kappa shape index (κ1) is 14.9. The van der Waals surface area contributed by atoms with Crippen molar-refractivity contribution >= 4 is 5.97 Å². The van der Waals surface area contributed by atoms with E-state index in [-0.39, 0.29) is 0 Å². The number of para-hydroxylation sites is 1. The molecule has 106 valence electrons. The summed E-state index contributed by atoms with van der Waals surface area (Å²) in [5, 5.41) is 8.60. The van der Waals surface area contributed by atoms with Crippen LogP contribution in [0.4, 0.5) is 26.3 Å². The van der Waals surface area contributed by atoms with Crippen molar-refractivity contribution in [3.63, 3.8) is 0 Å². The predicted molar refractivity (Wildman–Crippen MR) is 46.8 cm³/mol. The molecule has 0 bridgehead atoms. The fourth-order valence-electron chi connectivity index (χ4n) is 1.11. The Kier molecular flexibility index (Phi) is 3.82. The van der Waals surface area contributed by atoms with Gasteiger partial charge in [-0.3, -0.25) is 0 Å². The number of rotatable bonds is 3. The fourth-order valence-corrected chi connectivity index (χ4v) is 1.11. The van der Waals surface area contributed by atoms with Crippen LogP contribution in [0.3, 0.4) is 0 Å². The van der Waals surface area contributed by atoms with Crippen molar-refractivity contribution in [3.05, 3.63) is 23.8 Å². The van der Waals surface area contributed by atoms with Gasteiger partial charge in [0.2, 0.25) is 0 Å². The number of alkyl halides is 6. The molecule has 0 heterocycles. The highest BCUT2D eigenvalue weighted by atomic mass is 19.4. The largest absolute Gasteiger partial charge is 0.573 e. The molecule has 1 aromatic rings. The number of benzene rings is 1. The van der Waals surface area contributed by atoms with E-state index in [4.69, 9.17) is 5.11 Å². The number of halogens is 6. The van der Waals surface area contributed by atoms with Crippen LogP contribution in [-0.2, 0) is 0 Å². The number of hydrogen-bond acceptors (Lipinski definition) is 3. The maximum absolute atomic E-state index is 12.0. The zero-order chi connectivity index (χ0) is 14.8. The molecule has 0 aromatic heterocycles. The number of ether oxygens (including phenoxy) is 2. The van der Waals surface area contributed by atoms with Crippen molar-refractivity contribution in [2.24, 2.45) is 0 Å². The number of carbonyl (C=O) groups is 1. The summed E-state index contributed by atoms with van der Waals surface area (Å²) in [6.07, 6.45) is -10.7. The zero-order valence-electron chi connectivity index (χ0n) is 8.67. The molecule has 0 fully saturated rings. The van der Waals surface area contributed by atoms with Crippen LogP contribution in [0.15, 0.2) is 18.2 Å². The number of carboxylic acids is 1. The molecule has 0 spiro atoms. The van der Waals surface area contributed by atoms with Gasteiger partial charge in [0, 0.05) is 0 Å². The smallest absolute Gasteiger partial charge is 0.478 e. The molecule has 1 aromatic carbocycles. The van der Waals surface area contributed by atoms with Gasteiger partial charge >= 0.3 is 18.7 Å². The highest BCUT2D eigenvalue weighted by Gasteiger charge is 2.38. The Labute approximate surface area is 101 Å². The van der Waals surface area contributed by atoms with Crippen molar-refractivity contribution < 1.29 is 45.7 Å². The first-order valence-corrected chi connectivity index (χ1v) is 4.37. The van der Waals surface area contributed by atoms with Gasteiger partial charge in [0.15, 0.2) is 11.5 Å². The summed E-state index contributed by atoms with van der Waals surface area (Å²) in [7, 11) is 0. The Morgan fingerprint density at radius 1 is 1.00 bits per heavy atom. The van der Waals surface area contributed by atoms with Gasteiger partial charge in [-0.05, 0) is 12.1 Å². The van der Waals surface area contributed by atoms with Crippen molar-refractivity contribution in [1.29, 1.82) is 0 Å². The molecule has 0 aliphatic carbocycles. The van der Waals surface area contributed by atoms with Crippen LogP contribution in [-0.4, -0.2) is 23.8 Å². The van der Waals surface area contributed by atoms with E-state index in [1.54, 1.807) is 0 Å². The molecule has 0 aliphatic rings. The van der Waals surface area contributed by atoms with Crippen molar-refractivity contribution in [1.82, 2.24) is 0 Å². The Bertz CT molecular complexity index is 479. The molecule has 1 rings (SSSR count). The van der Waals surface area contributed by atoms with Gasteiger partial charge in [-0.25, -0.2) is 4.79 Å². The van der Waals surface area contributed by atoms with Gasteiger partial charge in [-0.15, -0.1) is 26.3 Å². The lowest BCUT2D eigenvalue weighted by Crippen LogP contribution is -2.22. The fraction of sp³-hybridized carbons (Fsp3) is 0.222. The van der Waals surface area contributed by atoms with E-state index in [2.05, 4.69) is 9.47 Å². The third kappa shape index (κ3) is 4.56. The lowest BCUT2D eigenvalue weighted by atomic mass is 10.2. The monoisotopic (exact) mass is 290 g/mol. The summed E-state index contributed by atoms with van der Waals surface area (Å²) in [5.41, 5.74) is -1.11. The van der Waals surface area contributed by atoms with E-state index < -0.39 is 35.8 Å². The Balaban J connectivity index is 3.30. The molecule has 0 radical (unpaired) electrons. The van der Waals surface area contributed by atoms with Crippen LogP contribution in [0.25, 0.3) is 0 Å². The topological polar surface area (TPSA) is 55.8 Å². The summed E-state index contributed by atoms with van der Waals surface area (Å²) in [4.78, 5) is 10.6. The van der Waals surface area contributed by atoms with Crippen molar-refractivity contribution in [2.45, 2.75) is 12.7 Å². The second kappa shape index (κ2) is 4.86. The Morgan fingerprint density at radius 2 is 1.53 bits per heavy atom. The summed E-state index contributed by atoms with van der Waals surface area (Å²) < 4.78 is 78.6. The normalized spacial score (nSPS) is 12.1. The van der Waals surface area contributed by atoms with Gasteiger partial charge in [0.05, 0.1) is 0 Å². The lowest BCUT2D eigenvalue weighted by Gasteiger charge is -2.16. The van der Waals surface area contributed by atoms with Gasteiger partial charge in [0.1, 0.15) is 5.56 Å². The first-order chi connectivity index (χ1) is 8.49. The average molecular weight is 290 g/mol. The lowest BCUT2D eigenvalue weighted by molar-refractivity contribution is -0.287. The molecule has 19 heavy (non-hydrogen) atoms. The summed E-state index contributed by atoms with van der Waals surface area (Å²) >= 11 is 0. The molecular weight excluding hydrogens is 286 g/mol. The highest BCUT2D eigenvalue weighted by molar-refractivity contribution is 5.92. The minimum atomic E-state index is -5.37. The third-order valence-electron chi connectivity index (χ3n) is 1.65. The Morgan fingerprint density at radius 3 is 1.95 bits per heavy atom. The van der Waals surface area contributed by atoms with E-state index in [9.17, 15) is 31.1 Å². The maximum atomic E-state index is 12.0. The minimum absolute atomic E-state index is 0.501. The molecule has 1 N–H and O–H groups in total. The molecule has 0 saturated carbocycles. The standard InChI is InChI=1S/C9H4F6O4/c10-8(11,12)18-5-3-1-2-4(7(16)17)6(5)19-9(13,14)15/h1-3H,(H,16,17). The molecular formula is C9H4F6O4. The van der Waals surface area contributed by atoms with Crippen LogP contribution >= 0.6 is 0 Å². The number of aromatic carboxylic acids is 1. The molecule has 0 unspecified atom stereocenters. The van der Waals surface area contributed by atoms with E-state index in [0.29, 0.717) is 12.1 Å². The second-order valence-corrected chi connectivity index (χ2v) is 3.03.